The molecule has 11 heteroatoms. The first-order valence-corrected chi connectivity index (χ1v) is 13.2. The summed E-state index contributed by atoms with van der Waals surface area (Å²) in [5, 5.41) is 14.6. The fourth-order valence-corrected chi connectivity index (χ4v) is 8.91. The van der Waals surface area contributed by atoms with Crippen LogP contribution in [0.4, 0.5) is 8.78 Å². The Labute approximate surface area is 216 Å². The first-order chi connectivity index (χ1) is 16.7. The maximum atomic E-state index is 17.3. The number of aliphatic hydroxyl groups is 1. The lowest BCUT2D eigenvalue weighted by atomic mass is 9.44. The molecule has 3 fully saturated rings. The standard InChI is InChI=1S/C25H28F2N2O5S2/c1-11-7-14-15-9-17(26)16-8-13(30)5-6-22(16,3)24(15,27)18(31)10-23(14,4)25(11,21(33)35)34-20(32)19-12(2)28-29-36-19/h5-6,8,11,14-15,17-18,31H,7,9-10H2,1-4H3,(H,33,35)/t11-,14+,15+,17+,18+,22+,23+,24+,25-/m1/s1. The zero-order chi connectivity index (χ0) is 26.4. The number of fused-ring (bicyclic) bond motifs is 5. The Bertz CT molecular complexity index is 1230. The Kier molecular flexibility index (Phi) is 5.71. The van der Waals surface area contributed by atoms with E-state index in [1.165, 1.54) is 19.1 Å². The van der Waals surface area contributed by atoms with Gasteiger partial charge >= 0.3 is 5.97 Å². The molecule has 1 aromatic rings. The van der Waals surface area contributed by atoms with E-state index in [1.807, 2.05) is 0 Å². The summed E-state index contributed by atoms with van der Waals surface area (Å²) in [4.78, 5) is 38.5. The van der Waals surface area contributed by atoms with Crippen LogP contribution in [0.1, 0.15) is 55.4 Å². The highest BCUT2D eigenvalue weighted by molar-refractivity contribution is 7.96. The number of ketones is 1. The predicted molar refractivity (Wildman–Crippen MR) is 130 cm³/mol. The summed E-state index contributed by atoms with van der Waals surface area (Å²) in [6, 6.07) is 0. The Morgan fingerprint density at radius 2 is 1.97 bits per heavy atom. The largest absolute Gasteiger partial charge is 0.445 e. The van der Waals surface area contributed by atoms with E-state index >= 15 is 8.78 Å². The van der Waals surface area contributed by atoms with E-state index in [1.54, 1.807) is 20.8 Å². The molecule has 4 aliphatic rings. The van der Waals surface area contributed by atoms with E-state index in [0.29, 0.717) is 5.69 Å². The molecule has 1 aromatic heterocycles. The molecule has 0 aliphatic heterocycles. The number of esters is 1. The smallest absolute Gasteiger partial charge is 0.352 e. The molecule has 9 atom stereocenters. The van der Waals surface area contributed by atoms with Crippen LogP contribution in [0.3, 0.4) is 0 Å². The van der Waals surface area contributed by atoms with Gasteiger partial charge in [-0.15, -0.1) is 17.7 Å². The van der Waals surface area contributed by atoms with Crippen LogP contribution >= 0.6 is 24.2 Å². The Morgan fingerprint density at radius 1 is 1.28 bits per heavy atom. The third-order valence-electron chi connectivity index (χ3n) is 9.58. The zero-order valence-electron chi connectivity index (χ0n) is 20.3. The van der Waals surface area contributed by atoms with E-state index < -0.39 is 69.0 Å². The van der Waals surface area contributed by atoms with Crippen molar-refractivity contribution in [3.8, 4) is 0 Å². The van der Waals surface area contributed by atoms with Crippen molar-refractivity contribution in [1.29, 1.82) is 0 Å². The van der Waals surface area contributed by atoms with Gasteiger partial charge in [0.15, 0.2) is 21.9 Å². The molecule has 0 aromatic carbocycles. The topological polar surface area (TPSA) is 106 Å². The number of nitrogens with zero attached hydrogens (tertiary/aromatic N) is 2. The minimum Gasteiger partial charge on any atom is -0.445 e. The van der Waals surface area contributed by atoms with E-state index in [9.17, 15) is 19.5 Å². The van der Waals surface area contributed by atoms with Crippen LogP contribution in [0.5, 0.6) is 0 Å². The molecular weight excluding hydrogens is 510 g/mol. The summed E-state index contributed by atoms with van der Waals surface area (Å²) in [5.74, 6) is -3.39. The number of hydrogen-bond acceptors (Lipinski definition) is 8. The van der Waals surface area contributed by atoms with Crippen molar-refractivity contribution in [2.24, 2.45) is 28.6 Å². The summed E-state index contributed by atoms with van der Waals surface area (Å²) in [6.45, 7) is 6.54. The average molecular weight is 539 g/mol. The fourth-order valence-electron chi connectivity index (χ4n) is 7.85. The molecule has 0 spiro atoms. The van der Waals surface area contributed by atoms with Crippen LogP contribution in [0.15, 0.2) is 23.8 Å². The maximum absolute atomic E-state index is 17.3. The van der Waals surface area contributed by atoms with Gasteiger partial charge in [0.25, 0.3) is 0 Å². The van der Waals surface area contributed by atoms with Crippen LogP contribution in [-0.4, -0.2) is 55.1 Å². The van der Waals surface area contributed by atoms with E-state index in [2.05, 4.69) is 22.2 Å². The molecule has 0 radical (unpaired) electrons. The number of carbonyl (C=O) groups is 3. The third-order valence-corrected chi connectivity index (χ3v) is 10.7. The van der Waals surface area contributed by atoms with E-state index in [0.717, 1.165) is 17.6 Å². The number of thiol groups is 1. The summed E-state index contributed by atoms with van der Waals surface area (Å²) in [5.41, 5.74) is -6.45. The van der Waals surface area contributed by atoms with E-state index in [4.69, 9.17) is 4.74 Å². The van der Waals surface area contributed by atoms with Gasteiger partial charge in [-0.3, -0.25) is 9.59 Å². The van der Waals surface area contributed by atoms with Gasteiger partial charge in [0.1, 0.15) is 6.17 Å². The van der Waals surface area contributed by atoms with Gasteiger partial charge in [-0.05, 0) is 68.3 Å². The molecular formula is C25H28F2N2O5S2. The van der Waals surface area contributed by atoms with Crippen molar-refractivity contribution >= 4 is 41.0 Å². The number of alkyl halides is 2. The number of ether oxygens (including phenoxy) is 1. The quantitative estimate of drug-likeness (QED) is 0.446. The highest BCUT2D eigenvalue weighted by atomic mass is 32.1. The first-order valence-electron chi connectivity index (χ1n) is 12.0. The Balaban J connectivity index is 1.62. The number of allylic oxidation sites excluding steroid dienone is 4. The summed E-state index contributed by atoms with van der Waals surface area (Å²) >= 11 is 4.98. The lowest BCUT2D eigenvalue weighted by Gasteiger charge is -2.63. The third kappa shape index (κ3) is 2.96. The monoisotopic (exact) mass is 538 g/mol. The van der Waals surface area contributed by atoms with Crippen LogP contribution in [0.2, 0.25) is 0 Å². The maximum Gasteiger partial charge on any atom is 0.352 e. The van der Waals surface area contributed by atoms with Crippen molar-refractivity contribution in [3.05, 3.63) is 34.4 Å². The van der Waals surface area contributed by atoms with Gasteiger partial charge in [-0.2, -0.15) is 0 Å². The molecule has 7 nitrogen and oxygen atoms in total. The molecule has 1 heterocycles. The number of carbonyl (C=O) groups excluding carboxylic acids is 3. The predicted octanol–water partition coefficient (Wildman–Crippen LogP) is 3.76. The normalized spacial score (nSPS) is 45.4. The fraction of sp³-hybridized carbons (Fsp3) is 0.640. The second-order valence-corrected chi connectivity index (χ2v) is 12.3. The van der Waals surface area contributed by atoms with Crippen LogP contribution < -0.4 is 0 Å². The molecule has 0 amide bonds. The molecule has 4 aliphatic carbocycles. The molecule has 0 unspecified atom stereocenters. The molecule has 3 saturated carbocycles. The van der Waals surface area contributed by atoms with Crippen molar-refractivity contribution in [2.75, 3.05) is 0 Å². The van der Waals surface area contributed by atoms with Crippen molar-refractivity contribution in [3.63, 3.8) is 0 Å². The van der Waals surface area contributed by atoms with Crippen molar-refractivity contribution < 1.29 is 33.0 Å². The van der Waals surface area contributed by atoms with E-state index in [-0.39, 0.29) is 29.7 Å². The van der Waals surface area contributed by atoms with Gasteiger partial charge in [0.2, 0.25) is 5.12 Å². The number of halogens is 2. The minimum absolute atomic E-state index is 0.0265. The Morgan fingerprint density at radius 3 is 2.58 bits per heavy atom. The van der Waals surface area contributed by atoms with Gasteiger partial charge < -0.3 is 9.84 Å². The molecule has 1 N–H and O–H groups in total. The number of hydrogen-bond donors (Lipinski definition) is 2. The lowest BCUT2D eigenvalue weighted by molar-refractivity contribution is -0.221. The van der Waals surface area contributed by atoms with Crippen LogP contribution in [0, 0.1) is 35.5 Å². The molecule has 5 rings (SSSR count). The number of aryl methyl sites for hydroxylation is 1. The van der Waals surface area contributed by atoms with Crippen LogP contribution in [-0.2, 0) is 14.3 Å². The lowest BCUT2D eigenvalue weighted by Crippen LogP contribution is -2.70. The summed E-state index contributed by atoms with van der Waals surface area (Å²) in [7, 11) is 0. The molecule has 194 valence electrons. The Hall–Kier alpha value is -1.98. The first kappa shape index (κ1) is 25.7. The van der Waals surface area contributed by atoms with Crippen LogP contribution in [0.25, 0.3) is 0 Å². The summed E-state index contributed by atoms with van der Waals surface area (Å²) in [6.07, 6.45) is 0.292. The number of aromatic nitrogens is 2. The minimum atomic E-state index is -2.29. The molecule has 0 bridgehead atoms. The second-order valence-electron chi connectivity index (χ2n) is 11.1. The zero-order valence-corrected chi connectivity index (χ0v) is 22.0. The number of rotatable bonds is 3. The van der Waals surface area contributed by atoms with Gasteiger partial charge in [-0.25, -0.2) is 13.6 Å². The second kappa shape index (κ2) is 8.01. The van der Waals surface area contributed by atoms with Crippen molar-refractivity contribution in [2.45, 2.75) is 70.5 Å². The number of aliphatic hydroxyl groups excluding tert-OH is 1. The SMILES string of the molecule is Cc1nnsc1C(=O)O[C@@]1(C(=O)S)[C@H](C)C[C@H]2[C@@H]3C[C@H](F)C4=CC(=O)C=C[C@]4(C)[C@@]3(F)[C@@H](O)C[C@@]21C. The molecule has 0 saturated heterocycles. The highest BCUT2D eigenvalue weighted by Crippen LogP contribution is 2.71. The molecule has 36 heavy (non-hydrogen) atoms. The van der Waals surface area contributed by atoms with Gasteiger partial charge in [0, 0.05) is 22.7 Å². The van der Waals surface area contributed by atoms with Gasteiger partial charge in [-0.1, -0.05) is 24.4 Å². The summed E-state index contributed by atoms with van der Waals surface area (Å²) < 4.78 is 42.6. The highest BCUT2D eigenvalue weighted by Gasteiger charge is 2.78. The van der Waals surface area contributed by atoms with Crippen molar-refractivity contribution in [1.82, 2.24) is 9.59 Å². The average Bonchev–Trinajstić information content (AvgIpc) is 3.32. The van der Waals surface area contributed by atoms with Gasteiger partial charge in [0.05, 0.1) is 11.8 Å².